The van der Waals surface area contributed by atoms with Crippen LogP contribution in [0.4, 0.5) is 0 Å². The first-order valence-corrected chi connectivity index (χ1v) is 6.28. The average molecular weight is 280 g/mol. The summed E-state index contributed by atoms with van der Waals surface area (Å²) in [7, 11) is 4.73. The topological polar surface area (TPSA) is 54.0 Å². The van der Waals surface area contributed by atoms with Gasteiger partial charge in [0, 0.05) is 23.8 Å². The van der Waals surface area contributed by atoms with Crippen LogP contribution < -0.4 is 14.2 Å². The summed E-state index contributed by atoms with van der Waals surface area (Å²) in [5.74, 6) is 1.58. The van der Waals surface area contributed by atoms with Crippen LogP contribution in [0.2, 0.25) is 0 Å². The van der Waals surface area contributed by atoms with E-state index in [0.717, 1.165) is 5.56 Å². The number of hydrogen-bond acceptors (Lipinski definition) is 5. The first kappa shape index (κ1) is 15.9. The van der Waals surface area contributed by atoms with Crippen molar-refractivity contribution in [3.63, 3.8) is 0 Å². The minimum absolute atomic E-state index is 0.359. The third-order valence-corrected chi connectivity index (χ3v) is 2.68. The summed E-state index contributed by atoms with van der Waals surface area (Å²) in [6.45, 7) is 2.12. The highest BCUT2D eigenvalue weighted by Gasteiger charge is 2.12. The molecule has 0 saturated heterocycles. The third kappa shape index (κ3) is 4.19. The Labute approximate surface area is 119 Å². The molecular formula is C15H20O5. The third-order valence-electron chi connectivity index (χ3n) is 2.68. The molecule has 0 aliphatic rings. The van der Waals surface area contributed by atoms with Crippen molar-refractivity contribution in [1.82, 2.24) is 0 Å². The molecule has 0 aliphatic carbocycles. The number of esters is 1. The van der Waals surface area contributed by atoms with E-state index in [1.54, 1.807) is 46.5 Å². The predicted octanol–water partition coefficient (Wildman–Crippen LogP) is 2.37. The number of methoxy groups -OCH3 is 3. The van der Waals surface area contributed by atoms with Crippen LogP contribution in [0.15, 0.2) is 24.3 Å². The molecule has 0 fully saturated rings. The number of ether oxygens (including phenoxy) is 4. The Morgan fingerprint density at radius 1 is 1.10 bits per heavy atom. The van der Waals surface area contributed by atoms with Gasteiger partial charge in [-0.2, -0.15) is 0 Å². The Kier molecular flexibility index (Phi) is 6.43. The molecule has 0 spiro atoms. The maximum Gasteiger partial charge on any atom is 0.330 e. The SMILES string of the molecule is CCOC(=O)/C=C/Cc1c(OC)cc(OC)cc1OC. The van der Waals surface area contributed by atoms with Crippen molar-refractivity contribution in [2.75, 3.05) is 27.9 Å². The second kappa shape index (κ2) is 8.09. The smallest absolute Gasteiger partial charge is 0.330 e. The van der Waals surface area contributed by atoms with Crippen LogP contribution in [-0.2, 0) is 16.0 Å². The van der Waals surface area contributed by atoms with Gasteiger partial charge in [-0.1, -0.05) is 6.08 Å². The minimum Gasteiger partial charge on any atom is -0.496 e. The van der Waals surface area contributed by atoms with E-state index in [4.69, 9.17) is 18.9 Å². The molecule has 0 aromatic heterocycles. The predicted molar refractivity (Wildman–Crippen MR) is 75.6 cm³/mol. The summed E-state index contributed by atoms with van der Waals surface area (Å²) in [5, 5.41) is 0. The van der Waals surface area contributed by atoms with Crippen LogP contribution in [0.5, 0.6) is 17.2 Å². The zero-order chi connectivity index (χ0) is 15.0. The van der Waals surface area contributed by atoms with Crippen LogP contribution in [0.3, 0.4) is 0 Å². The molecule has 1 aromatic carbocycles. The number of carbonyl (C=O) groups excluding carboxylic acids is 1. The lowest BCUT2D eigenvalue weighted by molar-refractivity contribution is -0.137. The van der Waals surface area contributed by atoms with Gasteiger partial charge in [-0.05, 0) is 13.3 Å². The van der Waals surface area contributed by atoms with Crippen molar-refractivity contribution in [2.45, 2.75) is 13.3 Å². The van der Waals surface area contributed by atoms with Crippen molar-refractivity contribution < 1.29 is 23.7 Å². The first-order chi connectivity index (χ1) is 9.65. The minimum atomic E-state index is -0.362. The van der Waals surface area contributed by atoms with Crippen LogP contribution >= 0.6 is 0 Å². The normalized spacial score (nSPS) is 10.4. The molecule has 0 bridgehead atoms. The van der Waals surface area contributed by atoms with Crippen LogP contribution in [0, 0.1) is 0 Å². The Morgan fingerprint density at radius 3 is 2.15 bits per heavy atom. The van der Waals surface area contributed by atoms with E-state index < -0.39 is 0 Å². The van der Waals surface area contributed by atoms with Gasteiger partial charge in [-0.3, -0.25) is 0 Å². The Bertz CT molecular complexity index is 454. The van der Waals surface area contributed by atoms with Crippen molar-refractivity contribution in [3.8, 4) is 17.2 Å². The van der Waals surface area contributed by atoms with Crippen molar-refractivity contribution in [3.05, 3.63) is 29.8 Å². The number of hydrogen-bond donors (Lipinski definition) is 0. The Balaban J connectivity index is 2.95. The summed E-state index contributed by atoms with van der Waals surface area (Å²) < 4.78 is 20.6. The molecule has 0 N–H and O–H groups in total. The molecule has 0 heterocycles. The van der Waals surface area contributed by atoms with Crippen LogP contribution in [-0.4, -0.2) is 33.9 Å². The highest BCUT2D eigenvalue weighted by atomic mass is 16.5. The van der Waals surface area contributed by atoms with E-state index in [2.05, 4.69) is 0 Å². The molecule has 110 valence electrons. The van der Waals surface area contributed by atoms with E-state index in [1.807, 2.05) is 0 Å². The van der Waals surface area contributed by atoms with Gasteiger partial charge >= 0.3 is 5.97 Å². The Hall–Kier alpha value is -2.17. The maximum absolute atomic E-state index is 11.3. The molecule has 20 heavy (non-hydrogen) atoms. The van der Waals surface area contributed by atoms with Crippen LogP contribution in [0.25, 0.3) is 0 Å². The second-order valence-electron chi connectivity index (χ2n) is 3.87. The van der Waals surface area contributed by atoms with E-state index in [1.165, 1.54) is 6.08 Å². The lowest BCUT2D eigenvalue weighted by Gasteiger charge is -2.13. The quantitative estimate of drug-likeness (QED) is 0.567. The summed E-state index contributed by atoms with van der Waals surface area (Å²) in [5.41, 5.74) is 0.844. The number of benzene rings is 1. The van der Waals surface area contributed by atoms with Crippen LogP contribution in [0.1, 0.15) is 12.5 Å². The second-order valence-corrected chi connectivity index (χ2v) is 3.87. The molecule has 0 unspecified atom stereocenters. The molecule has 0 radical (unpaired) electrons. The highest BCUT2D eigenvalue weighted by molar-refractivity contribution is 5.81. The fourth-order valence-corrected chi connectivity index (χ4v) is 1.74. The van der Waals surface area contributed by atoms with E-state index in [-0.39, 0.29) is 5.97 Å². The summed E-state index contributed by atoms with van der Waals surface area (Å²) >= 11 is 0. The van der Waals surface area contributed by atoms with Gasteiger partial charge in [0.15, 0.2) is 0 Å². The zero-order valence-electron chi connectivity index (χ0n) is 12.3. The molecule has 0 amide bonds. The molecule has 0 saturated carbocycles. The zero-order valence-corrected chi connectivity index (χ0v) is 12.3. The molecular weight excluding hydrogens is 260 g/mol. The van der Waals surface area contributed by atoms with Gasteiger partial charge in [-0.25, -0.2) is 4.79 Å². The molecule has 0 atom stereocenters. The van der Waals surface area contributed by atoms with Gasteiger partial charge in [0.25, 0.3) is 0 Å². The van der Waals surface area contributed by atoms with Crippen molar-refractivity contribution in [2.24, 2.45) is 0 Å². The molecule has 0 aliphatic heterocycles. The number of rotatable bonds is 7. The van der Waals surface area contributed by atoms with Gasteiger partial charge < -0.3 is 18.9 Å². The number of allylic oxidation sites excluding steroid dienone is 1. The fourth-order valence-electron chi connectivity index (χ4n) is 1.74. The van der Waals surface area contributed by atoms with Crippen molar-refractivity contribution >= 4 is 5.97 Å². The van der Waals surface area contributed by atoms with Gasteiger partial charge in [-0.15, -0.1) is 0 Å². The molecule has 5 nitrogen and oxygen atoms in total. The molecule has 1 rings (SSSR count). The van der Waals surface area contributed by atoms with Gasteiger partial charge in [0.1, 0.15) is 17.2 Å². The Morgan fingerprint density at radius 2 is 1.70 bits per heavy atom. The lowest BCUT2D eigenvalue weighted by atomic mass is 10.1. The van der Waals surface area contributed by atoms with Gasteiger partial charge in [0.05, 0.1) is 27.9 Å². The summed E-state index contributed by atoms with van der Waals surface area (Å²) in [6.07, 6.45) is 3.60. The highest BCUT2D eigenvalue weighted by Crippen LogP contribution is 2.34. The lowest BCUT2D eigenvalue weighted by Crippen LogP contribution is -2.00. The first-order valence-electron chi connectivity index (χ1n) is 6.28. The maximum atomic E-state index is 11.3. The molecule has 5 heteroatoms. The van der Waals surface area contributed by atoms with E-state index in [9.17, 15) is 4.79 Å². The van der Waals surface area contributed by atoms with E-state index >= 15 is 0 Å². The summed E-state index contributed by atoms with van der Waals surface area (Å²) in [6, 6.07) is 3.55. The van der Waals surface area contributed by atoms with E-state index in [0.29, 0.717) is 30.3 Å². The van der Waals surface area contributed by atoms with Crippen molar-refractivity contribution in [1.29, 1.82) is 0 Å². The average Bonchev–Trinajstić information content (AvgIpc) is 2.47. The largest absolute Gasteiger partial charge is 0.496 e. The number of carbonyl (C=O) groups is 1. The van der Waals surface area contributed by atoms with Gasteiger partial charge in [0.2, 0.25) is 0 Å². The standard InChI is InChI=1S/C15H20O5/c1-5-20-15(16)8-6-7-12-13(18-3)9-11(17-2)10-14(12)19-4/h6,8-10H,5,7H2,1-4H3/b8-6+. The summed E-state index contributed by atoms with van der Waals surface area (Å²) in [4.78, 5) is 11.3. The monoisotopic (exact) mass is 280 g/mol. The molecule has 1 aromatic rings. The fraction of sp³-hybridized carbons (Fsp3) is 0.400.